The Bertz CT molecular complexity index is 1130. The van der Waals surface area contributed by atoms with E-state index in [2.05, 4.69) is 27.9 Å². The fourth-order valence-electron chi connectivity index (χ4n) is 3.10. The van der Waals surface area contributed by atoms with E-state index in [1.165, 1.54) is 4.90 Å². The molecule has 0 aromatic heterocycles. The first-order valence-corrected chi connectivity index (χ1v) is 14.3. The van der Waals surface area contributed by atoms with Gasteiger partial charge in [0.1, 0.15) is 12.6 Å². The molecule has 2 aromatic rings. The van der Waals surface area contributed by atoms with E-state index >= 15 is 0 Å². The monoisotopic (exact) mass is 639 g/mol. The Morgan fingerprint density at radius 3 is 2.24 bits per heavy atom. The summed E-state index contributed by atoms with van der Waals surface area (Å²) in [4.78, 5) is 27.7. The van der Waals surface area contributed by atoms with Crippen LogP contribution in [-0.4, -0.2) is 50.0 Å². The molecule has 0 saturated heterocycles. The minimum absolute atomic E-state index is 0.00815. The minimum atomic E-state index is -3.78. The van der Waals surface area contributed by atoms with Gasteiger partial charge in [-0.25, -0.2) is 8.42 Å². The summed E-state index contributed by atoms with van der Waals surface area (Å²) in [6, 6.07) is 10.7. The van der Waals surface area contributed by atoms with Gasteiger partial charge in [-0.2, -0.15) is 0 Å². The first-order chi connectivity index (χ1) is 15.8. The average Bonchev–Trinajstić information content (AvgIpc) is 2.76. The van der Waals surface area contributed by atoms with E-state index in [4.69, 9.17) is 23.2 Å². The van der Waals surface area contributed by atoms with Crippen molar-refractivity contribution in [2.75, 3.05) is 17.1 Å². The molecule has 0 aliphatic carbocycles. The van der Waals surface area contributed by atoms with Gasteiger partial charge in [-0.3, -0.25) is 13.9 Å². The molecule has 0 aliphatic heterocycles. The maximum absolute atomic E-state index is 13.5. The Labute approximate surface area is 225 Å². The fourth-order valence-corrected chi connectivity index (χ4v) is 4.78. The second-order valence-electron chi connectivity index (χ2n) is 8.00. The Kier molecular flexibility index (Phi) is 10.5. The second kappa shape index (κ2) is 12.4. The summed E-state index contributed by atoms with van der Waals surface area (Å²) in [6.07, 6.45) is 1.77. The molecule has 0 heterocycles. The van der Waals surface area contributed by atoms with E-state index in [1.807, 2.05) is 13.8 Å². The fraction of sp³-hybridized carbons (Fsp3) is 0.391. The van der Waals surface area contributed by atoms with Gasteiger partial charge < -0.3 is 10.2 Å². The first-order valence-electron chi connectivity index (χ1n) is 10.6. The van der Waals surface area contributed by atoms with Crippen molar-refractivity contribution >= 4 is 73.3 Å². The summed E-state index contributed by atoms with van der Waals surface area (Å²) in [5, 5.41) is 3.66. The number of rotatable bonds is 10. The Morgan fingerprint density at radius 1 is 1.09 bits per heavy atom. The number of hydrogen-bond acceptors (Lipinski definition) is 4. The number of carbonyl (C=O) groups is 2. The number of halogens is 3. The number of hydrogen-bond donors (Lipinski definition) is 1. The SMILES string of the molecule is CC[C@@H](C)NC(=O)[C@H](C)N(Cc1ccc(Cl)cc1Cl)C(=O)CN(c1ccc(I)cc1)S(C)(=O)=O. The molecule has 34 heavy (non-hydrogen) atoms. The molecule has 0 fully saturated rings. The van der Waals surface area contributed by atoms with Crippen LogP contribution in [0.1, 0.15) is 32.8 Å². The van der Waals surface area contributed by atoms with Crippen LogP contribution in [0.15, 0.2) is 42.5 Å². The van der Waals surface area contributed by atoms with Crippen LogP contribution in [0.25, 0.3) is 0 Å². The summed E-state index contributed by atoms with van der Waals surface area (Å²) < 4.78 is 27.1. The van der Waals surface area contributed by atoms with Crippen molar-refractivity contribution in [1.29, 1.82) is 0 Å². The number of nitrogens with zero attached hydrogens (tertiary/aromatic N) is 2. The van der Waals surface area contributed by atoms with Crippen LogP contribution in [0, 0.1) is 3.57 Å². The van der Waals surface area contributed by atoms with Crippen molar-refractivity contribution in [2.24, 2.45) is 0 Å². The van der Waals surface area contributed by atoms with Crippen LogP contribution in [0.3, 0.4) is 0 Å². The highest BCUT2D eigenvalue weighted by molar-refractivity contribution is 14.1. The third-order valence-corrected chi connectivity index (χ3v) is 7.76. The van der Waals surface area contributed by atoms with Gasteiger partial charge in [0.2, 0.25) is 21.8 Å². The highest BCUT2D eigenvalue weighted by Crippen LogP contribution is 2.24. The largest absolute Gasteiger partial charge is 0.352 e. The average molecular weight is 640 g/mol. The van der Waals surface area contributed by atoms with Gasteiger partial charge in [0.15, 0.2) is 0 Å². The van der Waals surface area contributed by atoms with E-state index in [0.717, 1.165) is 20.6 Å². The first kappa shape index (κ1) is 28.7. The third-order valence-electron chi connectivity index (χ3n) is 5.32. The zero-order valence-corrected chi connectivity index (χ0v) is 23.9. The molecule has 0 radical (unpaired) electrons. The van der Waals surface area contributed by atoms with Gasteiger partial charge in [0, 0.05) is 26.2 Å². The van der Waals surface area contributed by atoms with Gasteiger partial charge in [0.25, 0.3) is 0 Å². The van der Waals surface area contributed by atoms with Gasteiger partial charge >= 0.3 is 0 Å². The molecule has 0 spiro atoms. The van der Waals surface area contributed by atoms with Crippen molar-refractivity contribution in [3.63, 3.8) is 0 Å². The molecule has 0 saturated carbocycles. The van der Waals surface area contributed by atoms with Gasteiger partial charge in [-0.05, 0) is 84.8 Å². The topological polar surface area (TPSA) is 86.8 Å². The third kappa shape index (κ3) is 8.00. The van der Waals surface area contributed by atoms with Crippen LogP contribution in [-0.2, 0) is 26.2 Å². The molecular formula is C23H28Cl2IN3O4S. The molecule has 1 N–H and O–H groups in total. The van der Waals surface area contributed by atoms with E-state index in [0.29, 0.717) is 21.3 Å². The number of carbonyl (C=O) groups excluding carboxylic acids is 2. The number of sulfonamides is 1. The van der Waals surface area contributed by atoms with Crippen LogP contribution in [0.5, 0.6) is 0 Å². The van der Waals surface area contributed by atoms with E-state index in [-0.39, 0.29) is 18.5 Å². The Hall–Kier alpha value is -1.56. The highest BCUT2D eigenvalue weighted by Gasteiger charge is 2.30. The summed E-state index contributed by atoms with van der Waals surface area (Å²) >= 11 is 14.4. The number of anilines is 1. The zero-order chi connectivity index (χ0) is 25.6. The Balaban J connectivity index is 2.41. The normalized spacial score (nSPS) is 13.1. The summed E-state index contributed by atoms with van der Waals surface area (Å²) in [7, 11) is -3.78. The molecular weight excluding hydrogens is 612 g/mol. The summed E-state index contributed by atoms with van der Waals surface area (Å²) in [6.45, 7) is 4.96. The lowest BCUT2D eigenvalue weighted by atomic mass is 10.1. The quantitative estimate of drug-likeness (QED) is 0.382. The number of amides is 2. The van der Waals surface area contributed by atoms with Gasteiger partial charge in [-0.15, -0.1) is 0 Å². The van der Waals surface area contributed by atoms with Crippen molar-refractivity contribution in [3.05, 3.63) is 61.6 Å². The van der Waals surface area contributed by atoms with Crippen LogP contribution in [0.4, 0.5) is 5.69 Å². The van der Waals surface area contributed by atoms with E-state index in [9.17, 15) is 18.0 Å². The standard InChI is InChI=1S/C23H28Cl2IN3O4S/c1-5-15(2)27-23(31)16(3)28(13-17-6-7-18(24)12-21(17)25)22(30)14-29(34(4,32)33)20-10-8-19(26)9-11-20/h6-12,15-16H,5,13-14H2,1-4H3,(H,27,31)/t15-,16+/m1/s1. The molecule has 2 aromatic carbocycles. The number of benzene rings is 2. The molecule has 11 heteroatoms. The summed E-state index contributed by atoms with van der Waals surface area (Å²) in [5.74, 6) is -0.880. The number of nitrogens with one attached hydrogen (secondary N) is 1. The van der Waals surface area contributed by atoms with Crippen LogP contribution >= 0.6 is 45.8 Å². The van der Waals surface area contributed by atoms with Crippen LogP contribution in [0.2, 0.25) is 10.0 Å². The molecule has 2 atom stereocenters. The van der Waals surface area contributed by atoms with Gasteiger partial charge in [0.05, 0.1) is 11.9 Å². The lowest BCUT2D eigenvalue weighted by Gasteiger charge is -2.32. The zero-order valence-electron chi connectivity index (χ0n) is 19.4. The second-order valence-corrected chi connectivity index (χ2v) is 12.0. The van der Waals surface area contributed by atoms with E-state index in [1.54, 1.807) is 49.4 Å². The lowest BCUT2D eigenvalue weighted by Crippen LogP contribution is -2.52. The Morgan fingerprint density at radius 2 is 1.71 bits per heavy atom. The van der Waals surface area contributed by atoms with Crippen molar-refractivity contribution in [2.45, 2.75) is 45.8 Å². The van der Waals surface area contributed by atoms with E-state index < -0.39 is 28.5 Å². The predicted molar refractivity (Wildman–Crippen MR) is 146 cm³/mol. The highest BCUT2D eigenvalue weighted by atomic mass is 127. The van der Waals surface area contributed by atoms with Crippen molar-refractivity contribution in [1.82, 2.24) is 10.2 Å². The molecule has 2 amide bonds. The molecule has 0 bridgehead atoms. The maximum Gasteiger partial charge on any atom is 0.244 e. The van der Waals surface area contributed by atoms with Crippen molar-refractivity contribution in [3.8, 4) is 0 Å². The molecule has 0 aliphatic rings. The summed E-state index contributed by atoms with van der Waals surface area (Å²) in [5.41, 5.74) is 0.945. The smallest absolute Gasteiger partial charge is 0.244 e. The molecule has 0 unspecified atom stereocenters. The molecule has 186 valence electrons. The van der Waals surface area contributed by atoms with Crippen molar-refractivity contribution < 1.29 is 18.0 Å². The molecule has 2 rings (SSSR count). The van der Waals surface area contributed by atoms with Crippen LogP contribution < -0.4 is 9.62 Å². The minimum Gasteiger partial charge on any atom is -0.352 e. The molecule has 7 nitrogen and oxygen atoms in total. The maximum atomic E-state index is 13.5. The lowest BCUT2D eigenvalue weighted by molar-refractivity contribution is -0.139. The van der Waals surface area contributed by atoms with Gasteiger partial charge in [-0.1, -0.05) is 36.2 Å². The predicted octanol–water partition coefficient (Wildman–Crippen LogP) is 4.70.